The molecule has 1 aromatic carbocycles. The molecule has 1 amide bonds. The molecule has 1 aliphatic heterocycles. The summed E-state index contributed by atoms with van der Waals surface area (Å²) in [7, 11) is 0. The molecule has 0 bridgehead atoms. The van der Waals surface area contributed by atoms with Gasteiger partial charge in [0.2, 0.25) is 5.91 Å². The van der Waals surface area contributed by atoms with Crippen molar-refractivity contribution < 1.29 is 14.4 Å². The van der Waals surface area contributed by atoms with Gasteiger partial charge in [-0.25, -0.2) is 0 Å². The van der Waals surface area contributed by atoms with Crippen molar-refractivity contribution in [3.05, 3.63) is 29.3 Å². The maximum absolute atomic E-state index is 11.9. The zero-order valence-electron chi connectivity index (χ0n) is 11.8. The van der Waals surface area contributed by atoms with Gasteiger partial charge in [0.15, 0.2) is 0 Å². The first kappa shape index (κ1) is 14.0. The van der Waals surface area contributed by atoms with Crippen molar-refractivity contribution in [1.82, 2.24) is 0 Å². The fraction of sp³-hybridized carbons (Fsp3) is 0.533. The number of benzene rings is 1. The second kappa shape index (κ2) is 6.68. The molecule has 0 aliphatic carbocycles. The van der Waals surface area contributed by atoms with Crippen LogP contribution in [0.1, 0.15) is 17.5 Å². The highest BCUT2D eigenvalue weighted by Crippen LogP contribution is 2.13. The number of carbonyl (C=O) groups excluding carboxylic acids is 1. The van der Waals surface area contributed by atoms with Gasteiger partial charge in [0.05, 0.1) is 26.2 Å². The number of aryl methyl sites for hydroxylation is 2. The van der Waals surface area contributed by atoms with E-state index in [2.05, 4.69) is 11.4 Å². The lowest BCUT2D eigenvalue weighted by Gasteiger charge is -2.23. The van der Waals surface area contributed by atoms with Gasteiger partial charge in [0, 0.05) is 5.69 Å². The van der Waals surface area contributed by atoms with E-state index < -0.39 is 0 Å². The first-order valence-electron chi connectivity index (χ1n) is 6.93. The van der Waals surface area contributed by atoms with E-state index in [9.17, 15) is 4.79 Å². The van der Waals surface area contributed by atoms with Gasteiger partial charge in [-0.3, -0.25) is 4.79 Å². The smallest absolute Gasteiger partial charge is 0.230 e. The minimum atomic E-state index is 0.101. The SMILES string of the molecule is Cc1cc(C)cc(NC(=O)CC[NH+]2CCOCC2)c1. The molecule has 0 aromatic heterocycles. The van der Waals surface area contributed by atoms with E-state index >= 15 is 0 Å². The van der Waals surface area contributed by atoms with Crippen LogP contribution >= 0.6 is 0 Å². The van der Waals surface area contributed by atoms with E-state index in [0.717, 1.165) is 38.5 Å². The number of quaternary nitrogens is 1. The van der Waals surface area contributed by atoms with E-state index in [1.807, 2.05) is 26.0 Å². The highest BCUT2D eigenvalue weighted by Gasteiger charge is 2.15. The Bertz CT molecular complexity index is 420. The number of amides is 1. The molecule has 1 saturated heterocycles. The molecule has 0 atom stereocenters. The van der Waals surface area contributed by atoms with Crippen molar-refractivity contribution >= 4 is 11.6 Å². The van der Waals surface area contributed by atoms with Gasteiger partial charge in [-0.1, -0.05) is 6.07 Å². The van der Waals surface area contributed by atoms with Crippen molar-refractivity contribution in [3.63, 3.8) is 0 Å². The van der Waals surface area contributed by atoms with Gasteiger partial charge in [0.1, 0.15) is 13.1 Å². The van der Waals surface area contributed by atoms with Gasteiger partial charge in [-0.15, -0.1) is 0 Å². The maximum atomic E-state index is 11.9. The summed E-state index contributed by atoms with van der Waals surface area (Å²) in [6.45, 7) is 8.62. The van der Waals surface area contributed by atoms with Crippen molar-refractivity contribution in [1.29, 1.82) is 0 Å². The van der Waals surface area contributed by atoms with E-state index in [4.69, 9.17) is 4.74 Å². The van der Waals surface area contributed by atoms with Gasteiger partial charge in [0.25, 0.3) is 0 Å². The largest absolute Gasteiger partial charge is 0.370 e. The number of morpholine rings is 1. The molecule has 1 fully saturated rings. The Balaban J connectivity index is 1.80. The highest BCUT2D eigenvalue weighted by atomic mass is 16.5. The van der Waals surface area contributed by atoms with Gasteiger partial charge in [-0.05, 0) is 37.1 Å². The van der Waals surface area contributed by atoms with Crippen LogP contribution in [-0.2, 0) is 9.53 Å². The second-order valence-corrected chi connectivity index (χ2v) is 5.29. The van der Waals surface area contributed by atoms with Gasteiger partial charge >= 0.3 is 0 Å². The van der Waals surface area contributed by atoms with E-state index in [-0.39, 0.29) is 5.91 Å². The number of anilines is 1. The molecule has 1 aliphatic rings. The quantitative estimate of drug-likeness (QED) is 0.833. The van der Waals surface area contributed by atoms with E-state index in [1.165, 1.54) is 16.0 Å². The molecule has 0 saturated carbocycles. The fourth-order valence-corrected chi connectivity index (χ4v) is 2.47. The molecule has 4 nitrogen and oxygen atoms in total. The summed E-state index contributed by atoms with van der Waals surface area (Å²) in [6, 6.07) is 6.12. The molecule has 2 rings (SSSR count). The average Bonchev–Trinajstić information content (AvgIpc) is 2.36. The minimum Gasteiger partial charge on any atom is -0.370 e. The number of hydrogen-bond donors (Lipinski definition) is 2. The Hall–Kier alpha value is -1.39. The zero-order chi connectivity index (χ0) is 13.7. The van der Waals surface area contributed by atoms with Crippen LogP contribution in [0.25, 0.3) is 0 Å². The molecular formula is C15H23N2O2+. The number of nitrogens with one attached hydrogen (secondary N) is 2. The Labute approximate surface area is 114 Å². The molecule has 0 unspecified atom stereocenters. The molecule has 1 aromatic rings. The summed E-state index contributed by atoms with van der Waals surface area (Å²) in [6.07, 6.45) is 0.572. The Kier molecular flexibility index (Phi) is 4.93. The van der Waals surface area contributed by atoms with Crippen molar-refractivity contribution in [3.8, 4) is 0 Å². The number of carbonyl (C=O) groups is 1. The summed E-state index contributed by atoms with van der Waals surface area (Å²) in [5.41, 5.74) is 3.25. The second-order valence-electron chi connectivity index (χ2n) is 5.29. The highest BCUT2D eigenvalue weighted by molar-refractivity contribution is 5.90. The van der Waals surface area contributed by atoms with Crippen LogP contribution in [0.3, 0.4) is 0 Å². The molecule has 0 spiro atoms. The van der Waals surface area contributed by atoms with Crippen LogP contribution in [0.15, 0.2) is 18.2 Å². The first-order valence-corrected chi connectivity index (χ1v) is 6.93. The van der Waals surface area contributed by atoms with Crippen molar-refractivity contribution in [2.45, 2.75) is 20.3 Å². The number of hydrogen-bond acceptors (Lipinski definition) is 2. The minimum absolute atomic E-state index is 0.101. The van der Waals surface area contributed by atoms with Crippen LogP contribution in [0.5, 0.6) is 0 Å². The van der Waals surface area contributed by atoms with Crippen LogP contribution in [0, 0.1) is 13.8 Å². The van der Waals surface area contributed by atoms with Gasteiger partial charge in [-0.2, -0.15) is 0 Å². The zero-order valence-corrected chi connectivity index (χ0v) is 11.8. The van der Waals surface area contributed by atoms with Crippen molar-refractivity contribution in [2.75, 3.05) is 38.2 Å². The Morgan fingerprint density at radius 1 is 1.21 bits per heavy atom. The molecule has 1 heterocycles. The van der Waals surface area contributed by atoms with Crippen molar-refractivity contribution in [2.24, 2.45) is 0 Å². The Morgan fingerprint density at radius 3 is 2.47 bits per heavy atom. The molecule has 4 heteroatoms. The molecule has 0 radical (unpaired) electrons. The normalized spacial score (nSPS) is 16.3. The van der Waals surface area contributed by atoms with Crippen LogP contribution in [0.2, 0.25) is 0 Å². The maximum Gasteiger partial charge on any atom is 0.230 e. The van der Waals surface area contributed by atoms with Crippen LogP contribution in [-0.4, -0.2) is 38.8 Å². The third-order valence-corrected chi connectivity index (χ3v) is 3.41. The summed E-state index contributed by atoms with van der Waals surface area (Å²) in [5.74, 6) is 0.101. The summed E-state index contributed by atoms with van der Waals surface area (Å²) >= 11 is 0. The Morgan fingerprint density at radius 2 is 1.84 bits per heavy atom. The van der Waals surface area contributed by atoms with Crippen LogP contribution in [0.4, 0.5) is 5.69 Å². The lowest BCUT2D eigenvalue weighted by Crippen LogP contribution is -3.14. The lowest BCUT2D eigenvalue weighted by atomic mass is 10.1. The third kappa shape index (κ3) is 4.65. The number of rotatable bonds is 4. The lowest BCUT2D eigenvalue weighted by molar-refractivity contribution is -0.907. The molecule has 104 valence electrons. The summed E-state index contributed by atoms with van der Waals surface area (Å²) < 4.78 is 5.31. The summed E-state index contributed by atoms with van der Waals surface area (Å²) in [4.78, 5) is 13.4. The standard InChI is InChI=1S/C15H22N2O2/c1-12-9-13(2)11-14(10-12)16-15(18)3-4-17-5-7-19-8-6-17/h9-11H,3-8H2,1-2H3,(H,16,18)/p+1. The molecular weight excluding hydrogens is 240 g/mol. The van der Waals surface area contributed by atoms with Crippen LogP contribution < -0.4 is 10.2 Å². The topological polar surface area (TPSA) is 42.8 Å². The fourth-order valence-electron chi connectivity index (χ4n) is 2.47. The summed E-state index contributed by atoms with van der Waals surface area (Å²) in [5, 5.41) is 2.98. The molecule has 2 N–H and O–H groups in total. The predicted octanol–water partition coefficient (Wildman–Crippen LogP) is 0.547. The monoisotopic (exact) mass is 263 g/mol. The molecule has 19 heavy (non-hydrogen) atoms. The van der Waals surface area contributed by atoms with Gasteiger partial charge < -0.3 is 15.0 Å². The van der Waals surface area contributed by atoms with E-state index in [1.54, 1.807) is 0 Å². The van der Waals surface area contributed by atoms with E-state index in [0.29, 0.717) is 6.42 Å². The first-order chi connectivity index (χ1) is 9.13. The third-order valence-electron chi connectivity index (χ3n) is 3.41. The number of ether oxygens (including phenoxy) is 1. The predicted molar refractivity (Wildman–Crippen MR) is 75.5 cm³/mol. The average molecular weight is 263 g/mol.